The van der Waals surface area contributed by atoms with E-state index in [4.69, 9.17) is 4.42 Å². The first-order valence-corrected chi connectivity index (χ1v) is 18.0. The number of fused-ring (bicyclic) bond motifs is 9. The van der Waals surface area contributed by atoms with Gasteiger partial charge in [-0.25, -0.2) is 0 Å². The molecule has 11 rings (SSSR count). The summed E-state index contributed by atoms with van der Waals surface area (Å²) in [6.07, 6.45) is 0. The summed E-state index contributed by atoms with van der Waals surface area (Å²) in [5.74, 6) is 0. The van der Waals surface area contributed by atoms with Crippen LogP contribution in [0, 0.1) is 0 Å². The highest BCUT2D eigenvalue weighted by Gasteiger charge is 2.46. The monoisotopic (exact) mass is 660 g/mol. The summed E-state index contributed by atoms with van der Waals surface area (Å²) >= 11 is 0. The fourth-order valence-electron chi connectivity index (χ4n) is 9.14. The van der Waals surface area contributed by atoms with Crippen molar-refractivity contribution in [3.63, 3.8) is 0 Å². The van der Waals surface area contributed by atoms with Crippen LogP contribution in [0.15, 0.2) is 199 Å². The van der Waals surface area contributed by atoms with Crippen molar-refractivity contribution in [1.82, 2.24) is 0 Å². The lowest BCUT2D eigenvalue weighted by molar-refractivity contribution is 0.669. The first-order valence-electron chi connectivity index (χ1n) is 18.0. The Hall–Kier alpha value is -6.70. The van der Waals surface area contributed by atoms with Gasteiger partial charge in [-0.15, -0.1) is 0 Å². The van der Waals surface area contributed by atoms with Gasteiger partial charge in [-0.1, -0.05) is 170 Å². The van der Waals surface area contributed by atoms with Crippen molar-refractivity contribution in [3.05, 3.63) is 216 Å². The van der Waals surface area contributed by atoms with Gasteiger partial charge in [0.2, 0.25) is 0 Å². The van der Waals surface area contributed by atoms with E-state index in [1.54, 1.807) is 0 Å². The van der Waals surface area contributed by atoms with Crippen LogP contribution in [0.3, 0.4) is 0 Å². The van der Waals surface area contributed by atoms with Gasteiger partial charge in [-0.3, -0.25) is 0 Å². The minimum absolute atomic E-state index is 0.490. The summed E-state index contributed by atoms with van der Waals surface area (Å²) in [5, 5.41) is 7.23. The Morgan fingerprint density at radius 2 is 0.981 bits per heavy atom. The molecule has 1 heteroatoms. The van der Waals surface area contributed by atoms with Gasteiger partial charge in [0.1, 0.15) is 11.2 Å². The molecule has 0 saturated heterocycles. The van der Waals surface area contributed by atoms with E-state index in [0.29, 0.717) is 0 Å². The summed E-state index contributed by atoms with van der Waals surface area (Å²) < 4.78 is 6.53. The molecule has 0 radical (unpaired) electrons. The minimum Gasteiger partial charge on any atom is -0.456 e. The quantitative estimate of drug-likeness (QED) is 0.183. The summed E-state index contributed by atoms with van der Waals surface area (Å²) in [5.41, 5.74) is 13.9. The zero-order valence-electron chi connectivity index (χ0n) is 28.4. The summed E-state index contributed by atoms with van der Waals surface area (Å²) in [6.45, 7) is 0. The van der Waals surface area contributed by atoms with Crippen LogP contribution in [0.4, 0.5) is 0 Å². The maximum atomic E-state index is 6.53. The third kappa shape index (κ3) is 4.05. The molecule has 9 aromatic carbocycles. The first kappa shape index (κ1) is 29.1. The van der Waals surface area contributed by atoms with Crippen molar-refractivity contribution in [2.24, 2.45) is 0 Å². The van der Waals surface area contributed by atoms with E-state index in [1.807, 2.05) is 0 Å². The molecule has 0 unspecified atom stereocenters. The summed E-state index contributed by atoms with van der Waals surface area (Å²) in [7, 11) is 0. The van der Waals surface area contributed by atoms with E-state index >= 15 is 0 Å². The fourth-order valence-corrected chi connectivity index (χ4v) is 9.14. The Labute approximate surface area is 302 Å². The smallest absolute Gasteiger partial charge is 0.136 e. The zero-order valence-corrected chi connectivity index (χ0v) is 28.4. The molecule has 0 amide bonds. The average molecular weight is 661 g/mol. The SMILES string of the molecule is c1ccc(-c2cccc3c4c(ccc23)C(c2ccccc2)(c2ccccc2)c2ccc(-c3cccc5oc6cc7ccccc7cc6c35)cc2-4)cc1. The maximum absolute atomic E-state index is 6.53. The molecule has 1 aliphatic carbocycles. The highest BCUT2D eigenvalue weighted by atomic mass is 16.3. The molecule has 52 heavy (non-hydrogen) atoms. The van der Waals surface area contributed by atoms with E-state index in [1.165, 1.54) is 77.2 Å². The maximum Gasteiger partial charge on any atom is 0.136 e. The number of furan rings is 1. The lowest BCUT2D eigenvalue weighted by Gasteiger charge is -2.34. The van der Waals surface area contributed by atoms with E-state index in [0.717, 1.165) is 21.9 Å². The van der Waals surface area contributed by atoms with Crippen molar-refractivity contribution in [2.75, 3.05) is 0 Å². The lowest BCUT2D eigenvalue weighted by atomic mass is 9.67. The van der Waals surface area contributed by atoms with E-state index in [-0.39, 0.29) is 0 Å². The normalized spacial score (nSPS) is 13.2. The van der Waals surface area contributed by atoms with Crippen molar-refractivity contribution >= 4 is 43.5 Å². The van der Waals surface area contributed by atoms with Gasteiger partial charge < -0.3 is 4.42 Å². The fraction of sp³-hybridized carbons (Fsp3) is 0.0196. The highest BCUT2D eigenvalue weighted by molar-refractivity contribution is 6.16. The Balaban J connectivity index is 1.25. The zero-order chi connectivity index (χ0) is 34.2. The average Bonchev–Trinajstić information content (AvgIpc) is 3.73. The van der Waals surface area contributed by atoms with Crippen LogP contribution in [0.1, 0.15) is 22.3 Å². The molecule has 1 heterocycles. The Morgan fingerprint density at radius 1 is 0.346 bits per heavy atom. The van der Waals surface area contributed by atoms with Crippen LogP contribution in [0.2, 0.25) is 0 Å². The number of benzene rings is 9. The highest BCUT2D eigenvalue weighted by Crippen LogP contribution is 2.59. The largest absolute Gasteiger partial charge is 0.456 e. The molecule has 0 saturated carbocycles. The minimum atomic E-state index is -0.490. The van der Waals surface area contributed by atoms with Gasteiger partial charge in [-0.05, 0) is 101 Å². The molecule has 1 aliphatic rings. The standard InChI is InChI=1S/C51H32O/c1-4-14-33(15-5-1)39-22-12-24-42-41(39)27-29-46-49(42)43-31-36(26-28-45(43)51(46,37-18-6-2-7-19-37)38-20-8-3-9-21-38)40-23-13-25-47-50(40)44-30-34-16-10-11-17-35(34)32-48(44)52-47/h1-32H. The molecule has 1 aromatic heterocycles. The first-order chi connectivity index (χ1) is 25.8. The van der Waals surface area contributed by atoms with Gasteiger partial charge in [0.05, 0.1) is 5.41 Å². The van der Waals surface area contributed by atoms with Crippen molar-refractivity contribution in [2.45, 2.75) is 5.41 Å². The van der Waals surface area contributed by atoms with Gasteiger partial charge in [0.15, 0.2) is 0 Å². The number of rotatable bonds is 4. The number of hydrogen-bond donors (Lipinski definition) is 0. The van der Waals surface area contributed by atoms with Crippen LogP contribution in [0.25, 0.3) is 76.9 Å². The van der Waals surface area contributed by atoms with Crippen molar-refractivity contribution in [3.8, 4) is 33.4 Å². The predicted molar refractivity (Wildman–Crippen MR) is 217 cm³/mol. The van der Waals surface area contributed by atoms with Crippen LogP contribution in [-0.4, -0.2) is 0 Å². The van der Waals surface area contributed by atoms with Gasteiger partial charge in [-0.2, -0.15) is 0 Å². The molecule has 0 aliphatic heterocycles. The third-order valence-corrected chi connectivity index (χ3v) is 11.3. The summed E-state index contributed by atoms with van der Waals surface area (Å²) in [6, 6.07) is 71.1. The van der Waals surface area contributed by atoms with E-state index in [9.17, 15) is 0 Å². The second kappa shape index (κ2) is 11.2. The Morgan fingerprint density at radius 3 is 1.73 bits per heavy atom. The molecule has 242 valence electrons. The van der Waals surface area contributed by atoms with Gasteiger partial charge >= 0.3 is 0 Å². The molecule has 10 aromatic rings. The van der Waals surface area contributed by atoms with E-state index in [2.05, 4.69) is 194 Å². The van der Waals surface area contributed by atoms with Gasteiger partial charge in [0.25, 0.3) is 0 Å². The molecular weight excluding hydrogens is 629 g/mol. The van der Waals surface area contributed by atoms with Crippen molar-refractivity contribution < 1.29 is 4.42 Å². The second-order valence-electron chi connectivity index (χ2n) is 14.0. The molecule has 0 spiro atoms. The van der Waals surface area contributed by atoms with E-state index < -0.39 is 5.41 Å². The molecular formula is C51H32O. The molecule has 1 nitrogen and oxygen atoms in total. The Kier molecular flexibility index (Phi) is 6.23. The Bertz CT molecular complexity index is 2950. The predicted octanol–water partition coefficient (Wildman–Crippen LogP) is 13.6. The van der Waals surface area contributed by atoms with Crippen LogP contribution in [-0.2, 0) is 5.41 Å². The second-order valence-corrected chi connectivity index (χ2v) is 14.0. The molecule has 0 N–H and O–H groups in total. The van der Waals surface area contributed by atoms with Gasteiger partial charge in [0, 0.05) is 10.8 Å². The number of hydrogen-bond acceptors (Lipinski definition) is 1. The summed E-state index contributed by atoms with van der Waals surface area (Å²) in [4.78, 5) is 0. The van der Waals surface area contributed by atoms with Crippen LogP contribution < -0.4 is 0 Å². The van der Waals surface area contributed by atoms with Crippen LogP contribution in [0.5, 0.6) is 0 Å². The third-order valence-electron chi connectivity index (χ3n) is 11.3. The van der Waals surface area contributed by atoms with Crippen LogP contribution >= 0.6 is 0 Å². The lowest BCUT2D eigenvalue weighted by Crippen LogP contribution is -2.28. The molecule has 0 fully saturated rings. The van der Waals surface area contributed by atoms with Crippen molar-refractivity contribution in [1.29, 1.82) is 0 Å². The molecule has 0 atom stereocenters. The molecule has 0 bridgehead atoms. The topological polar surface area (TPSA) is 13.1 Å².